The largest absolute Gasteiger partial charge is 0.453 e. The van der Waals surface area contributed by atoms with Crippen LogP contribution in [0, 0.1) is 24.2 Å². The maximum Gasteiger partial charge on any atom is 0.406 e. The highest BCUT2D eigenvalue weighted by Crippen LogP contribution is 2.28. The van der Waals surface area contributed by atoms with Gasteiger partial charge in [0, 0.05) is 38.3 Å². The van der Waals surface area contributed by atoms with Gasteiger partial charge in [0.15, 0.2) is 0 Å². The van der Waals surface area contributed by atoms with Gasteiger partial charge in [-0.3, -0.25) is 20.0 Å². The Labute approximate surface area is 341 Å². The van der Waals surface area contributed by atoms with Gasteiger partial charge < -0.3 is 30.7 Å². The van der Waals surface area contributed by atoms with E-state index in [2.05, 4.69) is 32.4 Å². The second kappa shape index (κ2) is 20.2. The Balaban J connectivity index is 1.40. The number of carbonyl (C=O) groups excluding carboxylic acids is 4. The molecular weight excluding hydrogens is 735 g/mol. The first-order valence-corrected chi connectivity index (χ1v) is 20.1. The summed E-state index contributed by atoms with van der Waals surface area (Å²) in [7, 11) is 1.29. The van der Waals surface area contributed by atoms with E-state index in [1.807, 2.05) is 120 Å². The first-order chi connectivity index (χ1) is 27.7. The summed E-state index contributed by atoms with van der Waals surface area (Å²) >= 11 is 0. The van der Waals surface area contributed by atoms with Gasteiger partial charge in [0.05, 0.1) is 43.5 Å². The second-order valence-electron chi connectivity index (χ2n) is 16.2. The number of alkyl carbamates (subject to hydrolysis) is 1. The molecular formula is C45H59N7O6. The predicted molar refractivity (Wildman–Crippen MR) is 224 cm³/mol. The number of ether oxygens (including phenoxy) is 1. The SMILES string of the molecule is CCC(C)C(C(=O)NC(Cc1ccccc1)C(O)CN(Cc1ccc2ccccc2c1)NC(=O)CC(C)(C)CNC(=O)OC)C1CNC(=O)N1Cc1cccc(C)n1. The van der Waals surface area contributed by atoms with E-state index in [1.165, 1.54) is 7.11 Å². The average molecular weight is 794 g/mol. The van der Waals surface area contributed by atoms with Gasteiger partial charge in [0.1, 0.15) is 0 Å². The van der Waals surface area contributed by atoms with Crippen molar-refractivity contribution >= 4 is 34.7 Å². The molecule has 0 bridgehead atoms. The maximum absolute atomic E-state index is 14.6. The third-order valence-corrected chi connectivity index (χ3v) is 10.9. The summed E-state index contributed by atoms with van der Waals surface area (Å²) in [5.74, 6) is -1.25. The minimum atomic E-state index is -1.13. The molecule has 0 aliphatic carbocycles. The molecule has 3 aromatic carbocycles. The molecule has 5 N–H and O–H groups in total. The molecule has 5 rings (SSSR count). The molecule has 1 aliphatic heterocycles. The minimum absolute atomic E-state index is 0.0141. The number of nitrogens with zero attached hydrogens (tertiary/aromatic N) is 3. The van der Waals surface area contributed by atoms with Crippen molar-refractivity contribution in [3.63, 3.8) is 0 Å². The topological polar surface area (TPSA) is 165 Å². The number of urea groups is 1. The van der Waals surface area contributed by atoms with Crippen LogP contribution in [-0.2, 0) is 33.8 Å². The molecule has 58 heavy (non-hydrogen) atoms. The van der Waals surface area contributed by atoms with Crippen LogP contribution in [0.15, 0.2) is 91.0 Å². The molecule has 0 saturated carbocycles. The van der Waals surface area contributed by atoms with Crippen LogP contribution in [0.25, 0.3) is 10.8 Å². The molecule has 310 valence electrons. The number of amides is 5. The number of hydrazine groups is 1. The van der Waals surface area contributed by atoms with Crippen LogP contribution in [0.3, 0.4) is 0 Å². The van der Waals surface area contributed by atoms with Gasteiger partial charge in [-0.1, -0.05) is 107 Å². The Bertz CT molecular complexity index is 2010. The Morgan fingerprint density at radius 2 is 1.72 bits per heavy atom. The van der Waals surface area contributed by atoms with Crippen LogP contribution in [0.2, 0.25) is 0 Å². The minimum Gasteiger partial charge on any atom is -0.453 e. The molecule has 13 heteroatoms. The molecule has 1 fully saturated rings. The Morgan fingerprint density at radius 3 is 2.43 bits per heavy atom. The first-order valence-electron chi connectivity index (χ1n) is 20.1. The summed E-state index contributed by atoms with van der Waals surface area (Å²) in [4.78, 5) is 59.6. The summed E-state index contributed by atoms with van der Waals surface area (Å²) in [6.45, 7) is 10.7. The summed E-state index contributed by atoms with van der Waals surface area (Å²) in [5, 5.41) is 24.8. The molecule has 1 aliphatic rings. The number of carbonyl (C=O) groups is 4. The molecule has 2 heterocycles. The number of pyridine rings is 1. The molecule has 5 atom stereocenters. The summed E-state index contributed by atoms with van der Waals surface area (Å²) in [6, 6.07) is 28.0. The van der Waals surface area contributed by atoms with Crippen molar-refractivity contribution in [2.24, 2.45) is 17.3 Å². The van der Waals surface area contributed by atoms with Crippen molar-refractivity contribution in [2.45, 2.75) is 85.2 Å². The number of aliphatic hydroxyl groups is 1. The fourth-order valence-corrected chi connectivity index (χ4v) is 7.58. The van der Waals surface area contributed by atoms with E-state index < -0.39 is 35.6 Å². The zero-order valence-corrected chi connectivity index (χ0v) is 34.5. The molecule has 0 spiro atoms. The van der Waals surface area contributed by atoms with Crippen LogP contribution < -0.4 is 21.4 Å². The van der Waals surface area contributed by atoms with E-state index in [1.54, 1.807) is 9.91 Å². The Kier molecular flexibility index (Phi) is 15.2. The lowest BCUT2D eigenvalue weighted by atomic mass is 9.83. The monoisotopic (exact) mass is 793 g/mol. The van der Waals surface area contributed by atoms with Crippen molar-refractivity contribution in [2.75, 3.05) is 26.7 Å². The van der Waals surface area contributed by atoms with Gasteiger partial charge >= 0.3 is 12.1 Å². The predicted octanol–water partition coefficient (Wildman–Crippen LogP) is 5.49. The zero-order chi connectivity index (χ0) is 41.8. The van der Waals surface area contributed by atoms with Crippen molar-refractivity contribution < 1.29 is 29.0 Å². The van der Waals surface area contributed by atoms with Crippen LogP contribution in [0.5, 0.6) is 0 Å². The van der Waals surface area contributed by atoms with Crippen molar-refractivity contribution in [3.05, 3.63) is 114 Å². The normalized spacial score (nSPS) is 16.3. The lowest BCUT2D eigenvalue weighted by Crippen LogP contribution is -2.56. The molecule has 0 radical (unpaired) electrons. The van der Waals surface area contributed by atoms with Crippen molar-refractivity contribution in [3.8, 4) is 0 Å². The smallest absolute Gasteiger partial charge is 0.406 e. The summed E-state index contributed by atoms with van der Waals surface area (Å²) in [5.41, 5.74) is 5.83. The number of hydrogen-bond donors (Lipinski definition) is 5. The Morgan fingerprint density at radius 1 is 1.00 bits per heavy atom. The van der Waals surface area contributed by atoms with E-state index in [9.17, 15) is 24.3 Å². The lowest BCUT2D eigenvalue weighted by Gasteiger charge is -2.36. The summed E-state index contributed by atoms with van der Waals surface area (Å²) in [6.07, 6.45) is -0.618. The molecule has 5 amide bonds. The van der Waals surface area contributed by atoms with E-state index in [4.69, 9.17) is 4.74 Å². The highest BCUT2D eigenvalue weighted by Gasteiger charge is 2.43. The van der Waals surface area contributed by atoms with Crippen LogP contribution >= 0.6 is 0 Å². The van der Waals surface area contributed by atoms with E-state index in [0.717, 1.165) is 33.3 Å². The highest BCUT2D eigenvalue weighted by atomic mass is 16.5. The van der Waals surface area contributed by atoms with Crippen LogP contribution in [-0.4, -0.2) is 88.9 Å². The van der Waals surface area contributed by atoms with Crippen molar-refractivity contribution in [1.29, 1.82) is 0 Å². The van der Waals surface area contributed by atoms with E-state index in [-0.39, 0.29) is 56.4 Å². The second-order valence-corrected chi connectivity index (χ2v) is 16.2. The number of methoxy groups -OCH3 is 1. The number of nitrogens with one attached hydrogen (secondary N) is 4. The number of aliphatic hydroxyl groups excluding tert-OH is 1. The quantitative estimate of drug-likeness (QED) is 0.0778. The van der Waals surface area contributed by atoms with Crippen LogP contribution in [0.4, 0.5) is 9.59 Å². The maximum atomic E-state index is 14.6. The van der Waals surface area contributed by atoms with E-state index in [0.29, 0.717) is 19.4 Å². The van der Waals surface area contributed by atoms with Crippen molar-refractivity contribution in [1.82, 2.24) is 36.3 Å². The van der Waals surface area contributed by atoms with Crippen LogP contribution in [0.1, 0.15) is 63.1 Å². The third kappa shape index (κ3) is 12.2. The molecule has 13 nitrogen and oxygen atoms in total. The average Bonchev–Trinajstić information content (AvgIpc) is 3.54. The first kappa shape index (κ1) is 43.6. The number of aromatic nitrogens is 1. The van der Waals surface area contributed by atoms with Gasteiger partial charge in [-0.05, 0) is 64.8 Å². The number of hydrogen-bond acceptors (Lipinski definition) is 8. The van der Waals surface area contributed by atoms with Gasteiger partial charge in [0.2, 0.25) is 11.8 Å². The summed E-state index contributed by atoms with van der Waals surface area (Å²) < 4.78 is 4.71. The fraction of sp³-hybridized carbons (Fsp3) is 0.444. The highest BCUT2D eigenvalue weighted by molar-refractivity contribution is 5.84. The number of aryl methyl sites for hydroxylation is 1. The molecule has 1 aromatic heterocycles. The van der Waals surface area contributed by atoms with Gasteiger partial charge in [0.25, 0.3) is 0 Å². The van der Waals surface area contributed by atoms with Gasteiger partial charge in [-0.25, -0.2) is 14.6 Å². The van der Waals surface area contributed by atoms with Gasteiger partial charge in [-0.2, -0.15) is 0 Å². The number of rotatable bonds is 19. The molecule has 1 saturated heterocycles. The number of fused-ring (bicyclic) bond motifs is 1. The fourth-order valence-electron chi connectivity index (χ4n) is 7.58. The van der Waals surface area contributed by atoms with E-state index >= 15 is 0 Å². The molecule has 4 aromatic rings. The Hall–Kier alpha value is -5.53. The standard InChI is InChI=1S/C45H59N7O6/c1-7-30(2)41(38-25-46-43(56)52(38)27-36-19-13-14-31(3)48-36)42(55)49-37(23-32-15-9-8-10-16-32)39(53)28-51(26-33-20-21-34-17-11-12-18-35(34)22-33)50-40(54)24-45(4,5)29-47-44(57)58-6/h8-22,30,37-39,41,53H,7,23-29H2,1-6H3,(H,46,56)(H,47,57)(H,49,55)(H,50,54). The third-order valence-electron chi connectivity index (χ3n) is 10.9. The molecule has 5 unspecified atom stereocenters. The number of benzene rings is 3. The zero-order valence-electron chi connectivity index (χ0n) is 34.5. The lowest BCUT2D eigenvalue weighted by molar-refractivity contribution is -0.132. The van der Waals surface area contributed by atoms with Gasteiger partial charge in [-0.15, -0.1) is 0 Å².